The van der Waals surface area contributed by atoms with Crippen LogP contribution in [0.2, 0.25) is 5.02 Å². The molecule has 1 N–H and O–H groups in total. The first-order valence-corrected chi connectivity index (χ1v) is 11.6. The van der Waals surface area contributed by atoms with Gasteiger partial charge >= 0.3 is 6.03 Å². The number of urea groups is 1. The van der Waals surface area contributed by atoms with Gasteiger partial charge in [0.1, 0.15) is 4.83 Å². The van der Waals surface area contributed by atoms with Crippen LogP contribution < -0.4 is 10.2 Å². The SMILES string of the molecule is CN(C)c1nc2sc(C(=O)N3CCCN(C(=O)Nc4cccc(Cl)c4)CC3)cc2s1. The van der Waals surface area contributed by atoms with Gasteiger partial charge in [0.15, 0.2) is 5.13 Å². The molecule has 3 aromatic rings. The zero-order valence-electron chi connectivity index (χ0n) is 16.7. The van der Waals surface area contributed by atoms with E-state index in [4.69, 9.17) is 11.6 Å². The zero-order valence-corrected chi connectivity index (χ0v) is 19.1. The molecule has 3 amide bonds. The molecule has 0 saturated carbocycles. The Balaban J connectivity index is 1.39. The van der Waals surface area contributed by atoms with E-state index in [9.17, 15) is 9.59 Å². The van der Waals surface area contributed by atoms with Crippen LogP contribution in [0.25, 0.3) is 9.53 Å². The molecule has 0 spiro atoms. The molecule has 4 rings (SSSR count). The van der Waals surface area contributed by atoms with E-state index in [1.54, 1.807) is 40.5 Å². The van der Waals surface area contributed by atoms with Gasteiger partial charge in [0.25, 0.3) is 5.91 Å². The minimum Gasteiger partial charge on any atom is -0.354 e. The van der Waals surface area contributed by atoms with E-state index in [0.29, 0.717) is 41.8 Å². The number of thiazole rings is 1. The van der Waals surface area contributed by atoms with Crippen LogP contribution in [-0.4, -0.2) is 67.0 Å². The van der Waals surface area contributed by atoms with Crippen molar-refractivity contribution in [2.45, 2.75) is 6.42 Å². The summed E-state index contributed by atoms with van der Waals surface area (Å²) in [6.07, 6.45) is 0.734. The van der Waals surface area contributed by atoms with Crippen molar-refractivity contribution in [2.24, 2.45) is 0 Å². The van der Waals surface area contributed by atoms with Crippen LogP contribution in [0.1, 0.15) is 16.1 Å². The monoisotopic (exact) mass is 463 g/mol. The van der Waals surface area contributed by atoms with Gasteiger partial charge in [0.2, 0.25) is 0 Å². The third-order valence-electron chi connectivity index (χ3n) is 4.82. The van der Waals surface area contributed by atoms with Crippen LogP contribution in [0, 0.1) is 0 Å². The highest BCUT2D eigenvalue weighted by atomic mass is 35.5. The van der Waals surface area contributed by atoms with Crippen molar-refractivity contribution in [2.75, 3.05) is 50.5 Å². The molecule has 0 atom stereocenters. The molecule has 1 aliphatic heterocycles. The molecular weight excluding hydrogens is 442 g/mol. The van der Waals surface area contributed by atoms with Crippen LogP contribution in [0.5, 0.6) is 0 Å². The molecule has 0 aliphatic carbocycles. The van der Waals surface area contributed by atoms with Crippen molar-refractivity contribution in [1.82, 2.24) is 14.8 Å². The van der Waals surface area contributed by atoms with Crippen molar-refractivity contribution in [3.63, 3.8) is 0 Å². The molecule has 0 bridgehead atoms. The Morgan fingerprint density at radius 1 is 1.10 bits per heavy atom. The number of rotatable bonds is 3. The highest BCUT2D eigenvalue weighted by Crippen LogP contribution is 2.34. The number of fused-ring (bicyclic) bond motifs is 1. The summed E-state index contributed by atoms with van der Waals surface area (Å²) >= 11 is 9.00. The molecule has 30 heavy (non-hydrogen) atoms. The first kappa shape index (κ1) is 20.9. The quantitative estimate of drug-likeness (QED) is 0.622. The van der Waals surface area contributed by atoms with Crippen molar-refractivity contribution < 1.29 is 9.59 Å². The van der Waals surface area contributed by atoms with Gasteiger partial charge < -0.3 is 20.0 Å². The molecule has 0 unspecified atom stereocenters. The van der Waals surface area contributed by atoms with Gasteiger partial charge in [-0.1, -0.05) is 29.0 Å². The van der Waals surface area contributed by atoms with E-state index in [-0.39, 0.29) is 11.9 Å². The lowest BCUT2D eigenvalue weighted by Crippen LogP contribution is -2.39. The van der Waals surface area contributed by atoms with Crippen LogP contribution >= 0.6 is 34.3 Å². The zero-order chi connectivity index (χ0) is 21.3. The van der Waals surface area contributed by atoms with Gasteiger partial charge in [-0.05, 0) is 30.7 Å². The van der Waals surface area contributed by atoms with Crippen LogP contribution in [-0.2, 0) is 0 Å². The number of aromatic nitrogens is 1. The Bertz CT molecular complexity index is 1050. The minimum absolute atomic E-state index is 0.00806. The molecule has 1 aromatic carbocycles. The van der Waals surface area contributed by atoms with Gasteiger partial charge in [-0.25, -0.2) is 9.78 Å². The molecule has 2 aromatic heterocycles. The van der Waals surface area contributed by atoms with Gasteiger partial charge in [0.05, 0.1) is 9.58 Å². The summed E-state index contributed by atoms with van der Waals surface area (Å²) in [4.78, 5) is 37.3. The maximum atomic E-state index is 13.0. The number of benzene rings is 1. The minimum atomic E-state index is -0.177. The molecule has 1 saturated heterocycles. The fraction of sp³-hybridized carbons (Fsp3) is 0.350. The highest BCUT2D eigenvalue weighted by molar-refractivity contribution is 7.29. The van der Waals surface area contributed by atoms with Crippen molar-refractivity contribution >= 4 is 66.6 Å². The van der Waals surface area contributed by atoms with Crippen molar-refractivity contribution in [3.8, 4) is 0 Å². The smallest absolute Gasteiger partial charge is 0.321 e. The standard InChI is InChI=1S/C20H22ClN5O2S2/c1-24(2)20-23-17-15(30-20)12-16(29-17)18(27)25-7-4-8-26(10-9-25)19(28)22-14-6-3-5-13(21)11-14/h3,5-6,11-12H,4,7-10H2,1-2H3,(H,22,28). The number of thiophene rings is 1. The summed E-state index contributed by atoms with van der Waals surface area (Å²) in [7, 11) is 3.92. The molecule has 7 nitrogen and oxygen atoms in total. The second kappa shape index (κ2) is 8.79. The van der Waals surface area contributed by atoms with Crippen molar-refractivity contribution in [3.05, 3.63) is 40.2 Å². The average Bonchev–Trinajstić information content (AvgIpc) is 3.18. The Morgan fingerprint density at radius 3 is 2.60 bits per heavy atom. The van der Waals surface area contributed by atoms with E-state index in [1.807, 2.05) is 30.0 Å². The van der Waals surface area contributed by atoms with Crippen LogP contribution in [0.3, 0.4) is 0 Å². The number of halogens is 1. The van der Waals surface area contributed by atoms with Gasteiger partial charge in [-0.3, -0.25) is 4.79 Å². The second-order valence-electron chi connectivity index (χ2n) is 7.24. The predicted molar refractivity (Wildman–Crippen MR) is 124 cm³/mol. The third kappa shape index (κ3) is 4.53. The molecule has 158 valence electrons. The van der Waals surface area contributed by atoms with Crippen molar-refractivity contribution in [1.29, 1.82) is 0 Å². The topological polar surface area (TPSA) is 68.8 Å². The Hall–Kier alpha value is -2.36. The molecule has 1 aliphatic rings. The van der Waals surface area contributed by atoms with Gasteiger partial charge in [0, 0.05) is 51.0 Å². The van der Waals surface area contributed by atoms with E-state index >= 15 is 0 Å². The Morgan fingerprint density at radius 2 is 1.87 bits per heavy atom. The number of amides is 3. The largest absolute Gasteiger partial charge is 0.354 e. The van der Waals surface area contributed by atoms with E-state index < -0.39 is 0 Å². The molecule has 0 radical (unpaired) electrons. The summed E-state index contributed by atoms with van der Waals surface area (Å²) in [5, 5.41) is 4.38. The number of carbonyl (C=O) groups excluding carboxylic acids is 2. The number of hydrogen-bond acceptors (Lipinski definition) is 6. The molecule has 3 heterocycles. The number of hydrogen-bond donors (Lipinski definition) is 1. The fourth-order valence-corrected chi connectivity index (χ4v) is 5.56. The number of anilines is 2. The maximum absolute atomic E-state index is 13.0. The maximum Gasteiger partial charge on any atom is 0.321 e. The highest BCUT2D eigenvalue weighted by Gasteiger charge is 2.25. The lowest BCUT2D eigenvalue weighted by Gasteiger charge is -2.22. The lowest BCUT2D eigenvalue weighted by atomic mass is 10.3. The first-order chi connectivity index (χ1) is 14.4. The van der Waals surface area contributed by atoms with E-state index in [0.717, 1.165) is 21.1 Å². The van der Waals surface area contributed by atoms with Gasteiger partial charge in [-0.2, -0.15) is 0 Å². The molecule has 10 heteroatoms. The summed E-state index contributed by atoms with van der Waals surface area (Å²) in [5.41, 5.74) is 0.660. The second-order valence-corrected chi connectivity index (χ2v) is 9.72. The Labute approximate surface area is 187 Å². The lowest BCUT2D eigenvalue weighted by molar-refractivity contribution is 0.0767. The third-order valence-corrected chi connectivity index (χ3v) is 7.37. The van der Waals surface area contributed by atoms with Gasteiger partial charge in [-0.15, -0.1) is 11.3 Å². The Kier molecular flexibility index (Phi) is 6.12. The summed E-state index contributed by atoms with van der Waals surface area (Å²) in [6, 6.07) is 8.83. The first-order valence-electron chi connectivity index (χ1n) is 9.59. The number of carbonyl (C=O) groups is 2. The summed E-state index contributed by atoms with van der Waals surface area (Å²) < 4.78 is 1.03. The van der Waals surface area contributed by atoms with Crippen LogP contribution in [0.4, 0.5) is 15.6 Å². The van der Waals surface area contributed by atoms with E-state index in [1.165, 1.54) is 11.3 Å². The molecular formula is C20H22ClN5O2S2. The van der Waals surface area contributed by atoms with Crippen LogP contribution in [0.15, 0.2) is 30.3 Å². The molecule has 1 fully saturated rings. The summed E-state index contributed by atoms with van der Waals surface area (Å²) in [5.74, 6) is 0.00806. The number of nitrogens with one attached hydrogen (secondary N) is 1. The normalized spacial score (nSPS) is 14.6. The summed E-state index contributed by atoms with van der Waals surface area (Å²) in [6.45, 7) is 2.22. The predicted octanol–water partition coefficient (Wildman–Crippen LogP) is 4.46. The number of nitrogens with zero attached hydrogens (tertiary/aromatic N) is 4. The average molecular weight is 464 g/mol. The fourth-order valence-electron chi connectivity index (χ4n) is 3.27. The van der Waals surface area contributed by atoms with E-state index in [2.05, 4.69) is 10.3 Å².